The predicted molar refractivity (Wildman–Crippen MR) is 75.5 cm³/mol. The molecule has 0 radical (unpaired) electrons. The first-order valence-corrected chi connectivity index (χ1v) is 6.46. The van der Waals surface area contributed by atoms with Gasteiger partial charge in [-0.3, -0.25) is 4.79 Å². The van der Waals surface area contributed by atoms with Crippen LogP contribution < -0.4 is 5.73 Å². The van der Waals surface area contributed by atoms with Crippen LogP contribution >= 0.6 is 11.3 Å². The maximum atomic E-state index is 11.2. The maximum Gasteiger partial charge on any atom is 0.171 e. The van der Waals surface area contributed by atoms with Crippen LogP contribution in [0.3, 0.4) is 0 Å². The Morgan fingerprint density at radius 1 is 1.18 bits per heavy atom. The van der Waals surface area contributed by atoms with E-state index < -0.39 is 0 Å². The van der Waals surface area contributed by atoms with Crippen molar-refractivity contribution < 1.29 is 4.79 Å². The van der Waals surface area contributed by atoms with Gasteiger partial charge < -0.3 is 5.73 Å². The summed E-state index contributed by atoms with van der Waals surface area (Å²) in [5.74, 6) is 0.0275. The lowest BCUT2D eigenvalue weighted by Gasteiger charge is -1.93. The van der Waals surface area contributed by atoms with E-state index in [1.165, 1.54) is 18.3 Å². The molecule has 0 spiro atoms. The minimum Gasteiger partial charge on any atom is -0.397 e. The highest BCUT2D eigenvalue weighted by molar-refractivity contribution is 7.18. The van der Waals surface area contributed by atoms with Crippen molar-refractivity contribution >= 4 is 22.8 Å². The molecule has 2 nitrogen and oxygen atoms in total. The minimum absolute atomic E-state index is 0.0275. The van der Waals surface area contributed by atoms with Crippen LogP contribution in [0.1, 0.15) is 30.4 Å². The monoisotopic (exact) mass is 247 g/mol. The summed E-state index contributed by atoms with van der Waals surface area (Å²) in [5.41, 5.74) is 7.44. The van der Waals surface area contributed by atoms with E-state index in [-0.39, 0.29) is 5.78 Å². The van der Waals surface area contributed by atoms with Crippen molar-refractivity contribution in [3.63, 3.8) is 0 Å². The highest BCUT2D eigenvalue weighted by atomic mass is 32.1. The third kappa shape index (κ3) is 3.17. The summed E-state index contributed by atoms with van der Waals surface area (Å²) in [4.78, 5) is 12.9. The number of hydrogen-bond acceptors (Lipinski definition) is 3. The highest BCUT2D eigenvalue weighted by Crippen LogP contribution is 2.33. The molecule has 0 bridgehead atoms. The molecule has 0 saturated heterocycles. The molecule has 0 unspecified atom stereocenters. The second kappa shape index (κ2) is 6.21. The highest BCUT2D eigenvalue weighted by Gasteiger charge is 2.10. The van der Waals surface area contributed by atoms with E-state index in [1.54, 1.807) is 0 Å². The summed E-state index contributed by atoms with van der Waals surface area (Å²) in [7, 11) is 0. The lowest BCUT2D eigenvalue weighted by atomic mass is 10.2. The van der Waals surface area contributed by atoms with Crippen LogP contribution in [0.15, 0.2) is 36.4 Å². The maximum absolute atomic E-state index is 11.2. The summed E-state index contributed by atoms with van der Waals surface area (Å²) in [6, 6.07) is 11.8. The van der Waals surface area contributed by atoms with Crippen LogP contribution in [-0.2, 0) is 0 Å². The number of carbonyl (C=O) groups excluding carboxylic acids is 1. The van der Waals surface area contributed by atoms with Crippen molar-refractivity contribution in [3.05, 3.63) is 41.3 Å². The predicted octanol–water partition coefficient (Wildman–Crippen LogP) is 4.23. The Hall–Kier alpha value is -1.61. The fourth-order valence-corrected chi connectivity index (χ4v) is 2.41. The number of nitrogens with two attached hydrogens (primary N) is 1. The molecule has 3 heteroatoms. The Bertz CT molecular complexity index is 488. The van der Waals surface area contributed by atoms with Gasteiger partial charge in [0.2, 0.25) is 0 Å². The molecule has 0 atom stereocenters. The molecule has 1 aromatic carbocycles. The summed E-state index contributed by atoms with van der Waals surface area (Å²) in [6.45, 7) is 5.54. The molecule has 0 fully saturated rings. The molecule has 2 N–H and O–H groups in total. The van der Waals surface area contributed by atoms with Crippen molar-refractivity contribution in [2.75, 3.05) is 5.73 Å². The Morgan fingerprint density at radius 3 is 2.24 bits per heavy atom. The Balaban J connectivity index is 0.000000686. The molecule has 2 rings (SSSR count). The number of Topliss-reactive ketones (excluding diaryl/α,β-unsaturated/α-hetero) is 1. The number of rotatable bonds is 2. The van der Waals surface area contributed by atoms with Crippen LogP contribution in [0.2, 0.25) is 0 Å². The summed E-state index contributed by atoms with van der Waals surface area (Å²) < 4.78 is 0. The van der Waals surface area contributed by atoms with Crippen molar-refractivity contribution in [2.45, 2.75) is 20.8 Å². The molecular weight excluding hydrogens is 230 g/mol. The molecule has 0 aliphatic rings. The van der Waals surface area contributed by atoms with Gasteiger partial charge in [-0.2, -0.15) is 0 Å². The van der Waals surface area contributed by atoms with Gasteiger partial charge in [0.25, 0.3) is 0 Å². The van der Waals surface area contributed by atoms with E-state index in [4.69, 9.17) is 5.73 Å². The quantitative estimate of drug-likeness (QED) is 0.807. The number of nitrogen functional groups attached to an aromatic ring is 1. The molecule has 0 aliphatic carbocycles. The lowest BCUT2D eigenvalue weighted by molar-refractivity contribution is 0.102. The Morgan fingerprint density at radius 2 is 1.76 bits per heavy atom. The first kappa shape index (κ1) is 13.5. The van der Waals surface area contributed by atoms with E-state index in [1.807, 2.05) is 50.2 Å². The van der Waals surface area contributed by atoms with Crippen LogP contribution in [-0.4, -0.2) is 5.78 Å². The fraction of sp³-hybridized carbons (Fsp3) is 0.214. The van der Waals surface area contributed by atoms with Crippen molar-refractivity contribution in [2.24, 2.45) is 0 Å². The van der Waals surface area contributed by atoms with Crippen molar-refractivity contribution in [3.8, 4) is 10.4 Å². The molecule has 0 saturated carbocycles. The number of anilines is 1. The van der Waals surface area contributed by atoms with Gasteiger partial charge in [0.05, 0.1) is 10.6 Å². The second-order valence-corrected chi connectivity index (χ2v) is 4.37. The minimum atomic E-state index is 0.0275. The first-order valence-electron chi connectivity index (χ1n) is 5.64. The smallest absolute Gasteiger partial charge is 0.171 e. The summed E-state index contributed by atoms with van der Waals surface area (Å²) in [6.07, 6.45) is 0. The van der Waals surface area contributed by atoms with Gasteiger partial charge in [-0.1, -0.05) is 44.2 Å². The topological polar surface area (TPSA) is 43.1 Å². The molecule has 0 amide bonds. The zero-order chi connectivity index (χ0) is 12.8. The number of thiophene rings is 1. The zero-order valence-electron chi connectivity index (χ0n) is 10.4. The van der Waals surface area contributed by atoms with Gasteiger partial charge in [0.1, 0.15) is 0 Å². The van der Waals surface area contributed by atoms with Gasteiger partial charge in [-0.05, 0) is 11.6 Å². The van der Waals surface area contributed by atoms with E-state index in [9.17, 15) is 4.79 Å². The average molecular weight is 247 g/mol. The summed E-state index contributed by atoms with van der Waals surface area (Å²) in [5, 5.41) is 0. The molecule has 1 heterocycles. The van der Waals surface area contributed by atoms with Crippen LogP contribution in [0.5, 0.6) is 0 Å². The largest absolute Gasteiger partial charge is 0.397 e. The number of ketones is 1. The molecule has 2 aromatic rings. The number of benzene rings is 1. The van der Waals surface area contributed by atoms with Gasteiger partial charge in [0, 0.05) is 11.8 Å². The third-order valence-corrected chi connectivity index (χ3v) is 3.44. The molecule has 0 aliphatic heterocycles. The SMILES string of the molecule is CC.CC(=O)c1sc(-c2ccccc2)cc1N. The molecule has 1 aromatic heterocycles. The van der Waals surface area contributed by atoms with Crippen LogP contribution in [0.25, 0.3) is 10.4 Å². The van der Waals surface area contributed by atoms with Crippen LogP contribution in [0, 0.1) is 0 Å². The van der Waals surface area contributed by atoms with Gasteiger partial charge in [-0.25, -0.2) is 0 Å². The van der Waals surface area contributed by atoms with E-state index >= 15 is 0 Å². The first-order chi connectivity index (χ1) is 8.18. The number of hydrogen-bond donors (Lipinski definition) is 1. The van der Waals surface area contributed by atoms with Crippen molar-refractivity contribution in [1.29, 1.82) is 0 Å². The van der Waals surface area contributed by atoms with Crippen LogP contribution in [0.4, 0.5) is 5.69 Å². The third-order valence-electron chi connectivity index (χ3n) is 2.14. The van der Waals surface area contributed by atoms with E-state index in [0.29, 0.717) is 10.6 Å². The fourth-order valence-electron chi connectivity index (χ4n) is 1.42. The van der Waals surface area contributed by atoms with E-state index in [0.717, 1.165) is 10.4 Å². The van der Waals surface area contributed by atoms with Gasteiger partial charge in [-0.15, -0.1) is 11.3 Å². The summed E-state index contributed by atoms with van der Waals surface area (Å²) >= 11 is 1.45. The molecule has 17 heavy (non-hydrogen) atoms. The number of carbonyl (C=O) groups is 1. The van der Waals surface area contributed by atoms with Gasteiger partial charge >= 0.3 is 0 Å². The average Bonchev–Trinajstić information content (AvgIpc) is 2.75. The normalized spacial score (nSPS) is 9.35. The second-order valence-electron chi connectivity index (χ2n) is 3.32. The van der Waals surface area contributed by atoms with Gasteiger partial charge in [0.15, 0.2) is 5.78 Å². The Labute approximate surface area is 106 Å². The zero-order valence-corrected chi connectivity index (χ0v) is 11.2. The standard InChI is InChI=1S/C12H11NOS.C2H6/c1-8(14)12-10(13)7-11(15-12)9-5-3-2-4-6-9;1-2/h2-7H,13H2,1H3;1-2H3. The molecular formula is C14H17NOS. The molecule has 90 valence electrons. The lowest BCUT2D eigenvalue weighted by Crippen LogP contribution is -1.92. The Kier molecular flexibility index (Phi) is 4.91. The van der Waals surface area contributed by atoms with Crippen molar-refractivity contribution in [1.82, 2.24) is 0 Å². The van der Waals surface area contributed by atoms with E-state index in [2.05, 4.69) is 0 Å².